The fourth-order valence-electron chi connectivity index (χ4n) is 2.24. The van der Waals surface area contributed by atoms with Crippen LogP contribution in [0.5, 0.6) is 0 Å². The summed E-state index contributed by atoms with van der Waals surface area (Å²) in [5, 5.41) is 0. The van der Waals surface area contributed by atoms with E-state index in [4.69, 9.17) is 4.42 Å². The molecule has 1 N–H and O–H groups in total. The first-order chi connectivity index (χ1) is 11.4. The smallest absolute Gasteiger partial charge is 0.240 e. The average Bonchev–Trinajstić information content (AvgIpc) is 3.07. The summed E-state index contributed by atoms with van der Waals surface area (Å²) in [5.74, 6) is 0.515. The Bertz CT molecular complexity index is 752. The number of nitrogens with zero attached hydrogens (tertiary/aromatic N) is 1. The second kappa shape index (κ2) is 8.12. The highest BCUT2D eigenvalue weighted by Crippen LogP contribution is 2.11. The summed E-state index contributed by atoms with van der Waals surface area (Å²) in [4.78, 5) is 13.4. The van der Waals surface area contributed by atoms with Crippen molar-refractivity contribution in [1.29, 1.82) is 0 Å². The van der Waals surface area contributed by atoms with E-state index in [0.29, 0.717) is 12.3 Å². The summed E-state index contributed by atoms with van der Waals surface area (Å²) in [6.45, 7) is 4.17. The van der Waals surface area contributed by atoms with Crippen LogP contribution in [0.3, 0.4) is 0 Å². The van der Waals surface area contributed by atoms with Crippen LogP contribution in [-0.4, -0.2) is 32.3 Å². The van der Waals surface area contributed by atoms with Gasteiger partial charge in [0.2, 0.25) is 15.9 Å². The molecule has 1 amide bonds. The summed E-state index contributed by atoms with van der Waals surface area (Å²) >= 11 is 0. The number of rotatable bonds is 8. The van der Waals surface area contributed by atoms with Gasteiger partial charge in [-0.2, -0.15) is 0 Å². The van der Waals surface area contributed by atoms with Crippen molar-refractivity contribution in [2.24, 2.45) is 0 Å². The molecule has 1 heterocycles. The second-order valence-electron chi connectivity index (χ2n) is 5.42. The number of amides is 1. The van der Waals surface area contributed by atoms with Crippen molar-refractivity contribution < 1.29 is 17.6 Å². The zero-order valence-corrected chi connectivity index (χ0v) is 14.7. The van der Waals surface area contributed by atoms with Crippen LogP contribution in [0.15, 0.2) is 52.0 Å². The Labute approximate surface area is 142 Å². The monoisotopic (exact) mass is 350 g/mol. The van der Waals surface area contributed by atoms with Gasteiger partial charge in [0.05, 0.1) is 17.7 Å². The second-order valence-corrected chi connectivity index (χ2v) is 7.18. The molecule has 1 aromatic heterocycles. The Morgan fingerprint density at radius 2 is 1.92 bits per heavy atom. The predicted molar refractivity (Wildman–Crippen MR) is 90.8 cm³/mol. The number of hydrogen-bond acceptors (Lipinski definition) is 4. The van der Waals surface area contributed by atoms with Crippen LogP contribution in [0.1, 0.15) is 25.2 Å². The Morgan fingerprint density at radius 1 is 1.21 bits per heavy atom. The normalized spacial score (nSPS) is 11.4. The first-order valence-corrected chi connectivity index (χ1v) is 9.27. The number of carbonyl (C=O) groups is 1. The Hall–Kier alpha value is -2.12. The highest BCUT2D eigenvalue weighted by molar-refractivity contribution is 7.89. The topological polar surface area (TPSA) is 79.6 Å². The molecule has 24 heavy (non-hydrogen) atoms. The summed E-state index contributed by atoms with van der Waals surface area (Å²) < 4.78 is 32.3. The number of benzene rings is 1. The molecule has 0 aliphatic heterocycles. The van der Waals surface area contributed by atoms with Gasteiger partial charge < -0.3 is 9.32 Å². The molecule has 0 radical (unpaired) electrons. The standard InChI is InChI=1S/C17H22N2O4S/c1-3-15-6-8-17(9-7-15)24(21,22)18-10-11-19(14(2)20)13-16-5-4-12-23-16/h4-9,12,18H,3,10-11,13H2,1-2H3. The molecule has 130 valence electrons. The highest BCUT2D eigenvalue weighted by atomic mass is 32.2. The minimum Gasteiger partial charge on any atom is -0.467 e. The van der Waals surface area contributed by atoms with Crippen molar-refractivity contribution in [3.05, 3.63) is 54.0 Å². The fourth-order valence-corrected chi connectivity index (χ4v) is 3.26. The number of furan rings is 1. The van der Waals surface area contributed by atoms with Gasteiger partial charge in [0, 0.05) is 20.0 Å². The van der Waals surface area contributed by atoms with Crippen LogP contribution in [0.4, 0.5) is 0 Å². The summed E-state index contributed by atoms with van der Waals surface area (Å²) in [7, 11) is -3.58. The lowest BCUT2D eigenvalue weighted by atomic mass is 10.2. The van der Waals surface area contributed by atoms with Gasteiger partial charge >= 0.3 is 0 Å². The van der Waals surface area contributed by atoms with E-state index < -0.39 is 10.0 Å². The number of aryl methyl sites for hydroxylation is 1. The van der Waals surface area contributed by atoms with Crippen molar-refractivity contribution >= 4 is 15.9 Å². The van der Waals surface area contributed by atoms with E-state index in [-0.39, 0.29) is 23.9 Å². The van der Waals surface area contributed by atoms with Crippen LogP contribution in [0.25, 0.3) is 0 Å². The van der Waals surface area contributed by atoms with Gasteiger partial charge in [-0.3, -0.25) is 4.79 Å². The molecule has 0 saturated heterocycles. The number of nitrogens with one attached hydrogen (secondary N) is 1. The third-order valence-electron chi connectivity index (χ3n) is 3.69. The maximum absolute atomic E-state index is 12.3. The first kappa shape index (κ1) is 18.2. The first-order valence-electron chi connectivity index (χ1n) is 7.79. The number of hydrogen-bond donors (Lipinski definition) is 1. The molecule has 2 aromatic rings. The molecule has 0 saturated carbocycles. The molecule has 0 atom stereocenters. The zero-order chi connectivity index (χ0) is 17.6. The minimum atomic E-state index is -3.58. The molecule has 7 heteroatoms. The van der Waals surface area contributed by atoms with Crippen molar-refractivity contribution in [3.63, 3.8) is 0 Å². The van der Waals surface area contributed by atoms with Crippen molar-refractivity contribution in [2.75, 3.05) is 13.1 Å². The van der Waals surface area contributed by atoms with Crippen molar-refractivity contribution in [3.8, 4) is 0 Å². The van der Waals surface area contributed by atoms with Gasteiger partial charge in [-0.15, -0.1) is 0 Å². The van der Waals surface area contributed by atoms with Crippen LogP contribution in [0, 0.1) is 0 Å². The SMILES string of the molecule is CCc1ccc(S(=O)(=O)NCCN(Cc2ccco2)C(C)=O)cc1. The third-order valence-corrected chi connectivity index (χ3v) is 5.16. The molecular formula is C17H22N2O4S. The Morgan fingerprint density at radius 3 is 2.46 bits per heavy atom. The lowest BCUT2D eigenvalue weighted by Crippen LogP contribution is -2.37. The van der Waals surface area contributed by atoms with Crippen LogP contribution < -0.4 is 4.72 Å². The molecule has 2 rings (SSSR count). The Kier molecular flexibility index (Phi) is 6.16. The molecule has 0 bridgehead atoms. The van der Waals surface area contributed by atoms with Crippen LogP contribution >= 0.6 is 0 Å². The lowest BCUT2D eigenvalue weighted by molar-refractivity contribution is -0.129. The third kappa shape index (κ3) is 4.94. The van der Waals surface area contributed by atoms with Crippen molar-refractivity contribution in [2.45, 2.75) is 31.7 Å². The van der Waals surface area contributed by atoms with Gasteiger partial charge in [0.25, 0.3) is 0 Å². The molecule has 0 spiro atoms. The lowest BCUT2D eigenvalue weighted by Gasteiger charge is -2.20. The van der Waals surface area contributed by atoms with E-state index in [1.807, 2.05) is 6.92 Å². The molecule has 0 fully saturated rings. The molecule has 0 unspecified atom stereocenters. The van der Waals surface area contributed by atoms with E-state index in [1.54, 1.807) is 36.4 Å². The summed E-state index contributed by atoms with van der Waals surface area (Å²) in [6, 6.07) is 10.3. The molecule has 0 aliphatic carbocycles. The quantitative estimate of drug-likeness (QED) is 0.791. The maximum atomic E-state index is 12.3. The van der Waals surface area contributed by atoms with E-state index in [1.165, 1.54) is 18.1 Å². The van der Waals surface area contributed by atoms with Gasteiger partial charge in [-0.05, 0) is 36.2 Å². The number of sulfonamides is 1. The van der Waals surface area contributed by atoms with E-state index in [0.717, 1.165) is 12.0 Å². The van der Waals surface area contributed by atoms with E-state index in [2.05, 4.69) is 4.72 Å². The fraction of sp³-hybridized carbons (Fsp3) is 0.353. The average molecular weight is 350 g/mol. The molecule has 1 aromatic carbocycles. The van der Waals surface area contributed by atoms with Crippen LogP contribution in [-0.2, 0) is 27.8 Å². The summed E-state index contributed by atoms with van der Waals surface area (Å²) in [5.41, 5.74) is 1.08. The molecule has 0 aliphatic rings. The van der Waals surface area contributed by atoms with Gasteiger partial charge in [0.15, 0.2) is 0 Å². The minimum absolute atomic E-state index is 0.137. The van der Waals surface area contributed by atoms with Gasteiger partial charge in [-0.25, -0.2) is 13.1 Å². The van der Waals surface area contributed by atoms with Crippen molar-refractivity contribution in [1.82, 2.24) is 9.62 Å². The van der Waals surface area contributed by atoms with E-state index in [9.17, 15) is 13.2 Å². The molecule has 6 nitrogen and oxygen atoms in total. The Balaban J connectivity index is 1.93. The highest BCUT2D eigenvalue weighted by Gasteiger charge is 2.16. The number of carbonyl (C=O) groups excluding carboxylic acids is 1. The van der Waals surface area contributed by atoms with E-state index >= 15 is 0 Å². The molecular weight excluding hydrogens is 328 g/mol. The zero-order valence-electron chi connectivity index (χ0n) is 13.9. The maximum Gasteiger partial charge on any atom is 0.240 e. The van der Waals surface area contributed by atoms with Gasteiger partial charge in [0.1, 0.15) is 5.76 Å². The van der Waals surface area contributed by atoms with Gasteiger partial charge in [-0.1, -0.05) is 19.1 Å². The summed E-state index contributed by atoms with van der Waals surface area (Å²) in [6.07, 6.45) is 2.39. The van der Waals surface area contributed by atoms with Crippen LogP contribution in [0.2, 0.25) is 0 Å². The largest absolute Gasteiger partial charge is 0.467 e. The predicted octanol–water partition coefficient (Wildman–Crippen LogP) is 2.17.